The maximum Gasteiger partial charge on any atom is 0.410 e. The largest absolute Gasteiger partial charge is 0.444 e. The second kappa shape index (κ2) is 16.1. The first-order valence-corrected chi connectivity index (χ1v) is 16.0. The van der Waals surface area contributed by atoms with Gasteiger partial charge in [-0.15, -0.1) is 0 Å². The van der Waals surface area contributed by atoms with Gasteiger partial charge in [-0.05, 0) is 57.9 Å². The third-order valence-electron chi connectivity index (χ3n) is 7.85. The van der Waals surface area contributed by atoms with Crippen molar-refractivity contribution in [1.29, 1.82) is 0 Å². The number of nitrogens with zero attached hydrogens (tertiary/aromatic N) is 2. The number of nitrogens with one attached hydrogen (secondary N) is 1. The molecule has 3 aromatic rings. The van der Waals surface area contributed by atoms with Crippen LogP contribution in [0, 0.1) is 0 Å². The summed E-state index contributed by atoms with van der Waals surface area (Å²) in [6, 6.07) is 26.3. The molecule has 9 nitrogen and oxygen atoms in total. The van der Waals surface area contributed by atoms with Crippen LogP contribution in [0.5, 0.6) is 0 Å². The molecule has 0 saturated carbocycles. The van der Waals surface area contributed by atoms with E-state index < -0.39 is 23.5 Å². The number of carbonyl (C=O) groups is 3. The quantitative estimate of drug-likeness (QED) is 0.149. The molecule has 1 heterocycles. The lowest BCUT2D eigenvalue weighted by Crippen LogP contribution is -2.46. The van der Waals surface area contributed by atoms with Gasteiger partial charge in [-0.3, -0.25) is 14.5 Å². The molecule has 47 heavy (non-hydrogen) atoms. The lowest BCUT2D eigenvalue weighted by Gasteiger charge is -2.32. The molecule has 252 valence electrons. The second-order valence-electron chi connectivity index (χ2n) is 13.0. The fraction of sp³-hybridized carbons (Fsp3) is 0.432. The number of carbonyl (C=O) groups excluding carboxylic acids is 3. The number of alkyl halides is 1. The molecule has 0 bridgehead atoms. The first kappa shape index (κ1) is 35.7. The lowest BCUT2D eigenvalue weighted by molar-refractivity contribution is -0.0772. The number of fused-ring (bicyclic) bond motifs is 1. The van der Waals surface area contributed by atoms with E-state index in [-0.39, 0.29) is 63.9 Å². The normalized spacial score (nSPS) is 14.0. The standard InChI is InChI=1S/C37H46FN3O6/c1-36(2,3)47-35(44)40(20-23-45-24-22-41-33(42)29-18-12-13-19-30(29)34(41)43)21-25-46-37(4,5)31(38)26-39-32(27-14-8-6-9-15-27)28-16-10-7-11-17-28/h6-19,31-32,39H,20-26H2,1-5H3. The van der Waals surface area contributed by atoms with Gasteiger partial charge in [0.25, 0.3) is 11.8 Å². The van der Waals surface area contributed by atoms with Gasteiger partial charge in [0.1, 0.15) is 11.8 Å². The van der Waals surface area contributed by atoms with E-state index in [1.54, 1.807) is 58.9 Å². The first-order valence-electron chi connectivity index (χ1n) is 16.0. The Hall–Kier alpha value is -4.12. The summed E-state index contributed by atoms with van der Waals surface area (Å²) in [6.07, 6.45) is -1.90. The van der Waals surface area contributed by atoms with E-state index >= 15 is 4.39 Å². The number of hydrogen-bond acceptors (Lipinski definition) is 7. The summed E-state index contributed by atoms with van der Waals surface area (Å²) in [4.78, 5) is 40.8. The van der Waals surface area contributed by atoms with Crippen molar-refractivity contribution < 1.29 is 33.0 Å². The van der Waals surface area contributed by atoms with Crippen molar-refractivity contribution in [2.45, 2.75) is 58.0 Å². The van der Waals surface area contributed by atoms with Crippen LogP contribution in [0.4, 0.5) is 9.18 Å². The van der Waals surface area contributed by atoms with Gasteiger partial charge in [0.15, 0.2) is 0 Å². The van der Waals surface area contributed by atoms with Crippen molar-refractivity contribution in [3.05, 3.63) is 107 Å². The van der Waals surface area contributed by atoms with Crippen LogP contribution < -0.4 is 5.32 Å². The number of hydrogen-bond donors (Lipinski definition) is 1. The molecule has 1 aliphatic rings. The average molecular weight is 648 g/mol. The Morgan fingerprint density at radius 1 is 0.787 bits per heavy atom. The van der Waals surface area contributed by atoms with Crippen molar-refractivity contribution in [2.24, 2.45) is 0 Å². The molecule has 3 amide bonds. The number of imide groups is 1. The van der Waals surface area contributed by atoms with Gasteiger partial charge in [-0.25, -0.2) is 9.18 Å². The molecule has 0 aromatic heterocycles. The van der Waals surface area contributed by atoms with Gasteiger partial charge in [0.05, 0.1) is 49.1 Å². The van der Waals surface area contributed by atoms with Crippen LogP contribution in [0.1, 0.15) is 72.5 Å². The Morgan fingerprint density at radius 3 is 1.83 bits per heavy atom. The molecular weight excluding hydrogens is 601 g/mol. The number of amides is 3. The van der Waals surface area contributed by atoms with Crippen LogP contribution in [0.3, 0.4) is 0 Å². The van der Waals surface area contributed by atoms with Crippen LogP contribution in [0.25, 0.3) is 0 Å². The Labute approximate surface area is 277 Å². The van der Waals surface area contributed by atoms with Crippen molar-refractivity contribution in [3.8, 4) is 0 Å². The van der Waals surface area contributed by atoms with Crippen molar-refractivity contribution in [3.63, 3.8) is 0 Å². The summed E-state index contributed by atoms with van der Waals surface area (Å²) in [5.74, 6) is -0.692. The van der Waals surface area contributed by atoms with E-state index in [0.717, 1.165) is 16.0 Å². The number of rotatable bonds is 16. The molecule has 0 fully saturated rings. The number of ether oxygens (including phenoxy) is 3. The zero-order valence-electron chi connectivity index (χ0n) is 27.9. The van der Waals surface area contributed by atoms with E-state index in [4.69, 9.17) is 14.2 Å². The zero-order chi connectivity index (χ0) is 34.0. The number of halogens is 1. The molecule has 10 heteroatoms. The SMILES string of the molecule is CC(C)(C)OC(=O)N(CCOCCN1C(=O)c2ccccc2C1=O)CCOC(C)(C)C(F)CNC(c1ccccc1)c1ccccc1. The van der Waals surface area contributed by atoms with E-state index in [9.17, 15) is 14.4 Å². The van der Waals surface area contributed by atoms with Crippen LogP contribution >= 0.6 is 0 Å². The third-order valence-corrected chi connectivity index (χ3v) is 7.85. The maximum atomic E-state index is 15.7. The molecule has 1 N–H and O–H groups in total. The topological polar surface area (TPSA) is 97.4 Å². The molecule has 4 rings (SSSR count). The van der Waals surface area contributed by atoms with Crippen LogP contribution in [-0.2, 0) is 14.2 Å². The lowest BCUT2D eigenvalue weighted by atomic mass is 9.97. The highest BCUT2D eigenvalue weighted by atomic mass is 19.1. The highest BCUT2D eigenvalue weighted by Crippen LogP contribution is 2.25. The summed E-state index contributed by atoms with van der Waals surface area (Å²) in [5.41, 5.74) is 0.969. The van der Waals surface area contributed by atoms with Crippen LogP contribution in [0.15, 0.2) is 84.9 Å². The Balaban J connectivity index is 1.27. The second-order valence-corrected chi connectivity index (χ2v) is 13.0. The highest BCUT2D eigenvalue weighted by molar-refractivity contribution is 6.21. The zero-order valence-corrected chi connectivity index (χ0v) is 27.9. The fourth-order valence-corrected chi connectivity index (χ4v) is 5.19. The molecule has 0 saturated heterocycles. The minimum Gasteiger partial charge on any atom is -0.444 e. The van der Waals surface area contributed by atoms with Gasteiger partial charge in [0, 0.05) is 19.6 Å². The average Bonchev–Trinajstić information content (AvgIpc) is 3.28. The molecule has 1 unspecified atom stereocenters. The molecule has 3 aromatic carbocycles. The smallest absolute Gasteiger partial charge is 0.410 e. The Bertz CT molecular complexity index is 1400. The van der Waals surface area contributed by atoms with E-state index in [1.807, 2.05) is 60.7 Å². The maximum absolute atomic E-state index is 15.7. The molecule has 1 atom stereocenters. The monoisotopic (exact) mass is 647 g/mol. The van der Waals surface area contributed by atoms with Gasteiger partial charge in [-0.1, -0.05) is 72.8 Å². The molecule has 0 radical (unpaired) electrons. The molecule has 0 spiro atoms. The molecule has 0 aliphatic carbocycles. The van der Waals surface area contributed by atoms with Crippen LogP contribution in [-0.4, -0.2) is 91.1 Å². The van der Waals surface area contributed by atoms with Crippen molar-refractivity contribution >= 4 is 17.9 Å². The van der Waals surface area contributed by atoms with Gasteiger partial charge in [-0.2, -0.15) is 0 Å². The summed E-state index contributed by atoms with van der Waals surface area (Å²) in [7, 11) is 0. The minimum atomic E-state index is -1.35. The summed E-state index contributed by atoms with van der Waals surface area (Å²) in [5, 5.41) is 3.37. The van der Waals surface area contributed by atoms with Gasteiger partial charge >= 0.3 is 6.09 Å². The van der Waals surface area contributed by atoms with Crippen LogP contribution in [0.2, 0.25) is 0 Å². The first-order chi connectivity index (χ1) is 22.4. The Kier molecular flexibility index (Phi) is 12.3. The third kappa shape index (κ3) is 9.93. The Morgan fingerprint density at radius 2 is 1.30 bits per heavy atom. The van der Waals surface area contributed by atoms with E-state index in [2.05, 4.69) is 5.32 Å². The van der Waals surface area contributed by atoms with Gasteiger partial charge < -0.3 is 24.4 Å². The number of benzene rings is 3. The van der Waals surface area contributed by atoms with Crippen molar-refractivity contribution in [2.75, 3.05) is 46.0 Å². The van der Waals surface area contributed by atoms with E-state index in [0.29, 0.717) is 11.1 Å². The molecular formula is C37H46FN3O6. The summed E-state index contributed by atoms with van der Waals surface area (Å²) >= 11 is 0. The predicted molar refractivity (Wildman–Crippen MR) is 178 cm³/mol. The van der Waals surface area contributed by atoms with Gasteiger partial charge in [0.2, 0.25) is 0 Å². The minimum absolute atomic E-state index is 0.0538. The van der Waals surface area contributed by atoms with E-state index in [1.165, 1.54) is 4.90 Å². The van der Waals surface area contributed by atoms with Crippen molar-refractivity contribution in [1.82, 2.24) is 15.1 Å². The summed E-state index contributed by atoms with van der Waals surface area (Å²) in [6.45, 7) is 9.52. The fourth-order valence-electron chi connectivity index (χ4n) is 5.19. The molecule has 1 aliphatic heterocycles. The highest BCUT2D eigenvalue weighted by Gasteiger charge is 2.35. The predicted octanol–water partition coefficient (Wildman–Crippen LogP) is 6.05. The summed E-state index contributed by atoms with van der Waals surface area (Å²) < 4.78 is 33.0.